The fourth-order valence-corrected chi connectivity index (χ4v) is 3.75. The monoisotopic (exact) mass is 338 g/mol. The fourth-order valence-electron chi connectivity index (χ4n) is 2.84. The van der Waals surface area contributed by atoms with Crippen LogP contribution < -0.4 is 0 Å². The third-order valence-electron chi connectivity index (χ3n) is 4.07. The Morgan fingerprint density at radius 2 is 2.09 bits per heavy atom. The number of benzene rings is 1. The van der Waals surface area contributed by atoms with Gasteiger partial charge >= 0.3 is 0 Å². The summed E-state index contributed by atoms with van der Waals surface area (Å²) in [6.45, 7) is 0.966. The highest BCUT2D eigenvalue weighted by molar-refractivity contribution is 7.88. The van der Waals surface area contributed by atoms with Gasteiger partial charge in [0.2, 0.25) is 10.0 Å². The largest absolute Gasteiger partial charge is 0.445 e. The Kier molecular flexibility index (Phi) is 4.50. The third kappa shape index (κ3) is 3.97. The van der Waals surface area contributed by atoms with Crippen LogP contribution in [0.15, 0.2) is 34.9 Å². The van der Waals surface area contributed by atoms with Crippen LogP contribution in [0.5, 0.6) is 0 Å². The molecule has 0 radical (unpaired) electrons. The van der Waals surface area contributed by atoms with E-state index >= 15 is 0 Å². The lowest BCUT2D eigenvalue weighted by Crippen LogP contribution is -2.38. The van der Waals surface area contributed by atoms with Crippen molar-refractivity contribution in [2.24, 2.45) is 0 Å². The molecule has 1 aliphatic rings. The van der Waals surface area contributed by atoms with Crippen LogP contribution in [0, 0.1) is 5.82 Å². The highest BCUT2D eigenvalue weighted by Gasteiger charge is 2.29. The number of piperidine rings is 1. The zero-order chi connectivity index (χ0) is 16.4. The van der Waals surface area contributed by atoms with Crippen LogP contribution in [0.25, 0.3) is 0 Å². The van der Waals surface area contributed by atoms with Gasteiger partial charge in [-0.15, -0.1) is 0 Å². The number of rotatable bonds is 4. The van der Waals surface area contributed by atoms with E-state index in [0.717, 1.165) is 18.4 Å². The smallest absolute Gasteiger partial charge is 0.211 e. The Balaban J connectivity index is 1.70. The molecule has 2 heterocycles. The zero-order valence-corrected chi connectivity index (χ0v) is 13.7. The molecular formula is C16H19FN2O3S. The lowest BCUT2D eigenvalue weighted by molar-refractivity contribution is 0.283. The Bertz CT molecular complexity index is 771. The molecule has 1 saturated heterocycles. The molecule has 0 bridgehead atoms. The van der Waals surface area contributed by atoms with Crippen molar-refractivity contribution in [3.05, 3.63) is 53.5 Å². The number of halogens is 1. The van der Waals surface area contributed by atoms with Crippen LogP contribution in [0.1, 0.15) is 36.0 Å². The first-order valence-corrected chi connectivity index (χ1v) is 9.41. The van der Waals surface area contributed by atoms with Crippen molar-refractivity contribution >= 4 is 10.0 Å². The summed E-state index contributed by atoms with van der Waals surface area (Å²) in [4.78, 5) is 4.31. The second-order valence-corrected chi connectivity index (χ2v) is 7.91. The minimum atomic E-state index is -3.18. The van der Waals surface area contributed by atoms with E-state index in [1.54, 1.807) is 18.3 Å². The maximum absolute atomic E-state index is 12.9. The molecule has 3 rings (SSSR count). The van der Waals surface area contributed by atoms with Crippen molar-refractivity contribution in [3.63, 3.8) is 0 Å². The number of nitrogens with zero attached hydrogens (tertiary/aromatic N) is 2. The van der Waals surface area contributed by atoms with Crippen LogP contribution in [0.2, 0.25) is 0 Å². The number of oxazole rings is 1. The lowest BCUT2D eigenvalue weighted by Gasteiger charge is -2.29. The molecule has 124 valence electrons. The molecule has 1 unspecified atom stereocenters. The van der Waals surface area contributed by atoms with Crippen molar-refractivity contribution in [2.45, 2.75) is 25.2 Å². The van der Waals surface area contributed by atoms with Crippen molar-refractivity contribution in [1.82, 2.24) is 9.29 Å². The van der Waals surface area contributed by atoms with Gasteiger partial charge in [0, 0.05) is 25.4 Å². The van der Waals surface area contributed by atoms with Crippen LogP contribution in [-0.2, 0) is 16.4 Å². The number of sulfonamides is 1. The first kappa shape index (κ1) is 16.1. The Hall–Kier alpha value is -1.73. The summed E-state index contributed by atoms with van der Waals surface area (Å²) in [6.07, 6.45) is 5.09. The van der Waals surface area contributed by atoms with E-state index in [2.05, 4.69) is 4.98 Å². The number of hydrogen-bond acceptors (Lipinski definition) is 4. The van der Waals surface area contributed by atoms with Crippen LogP contribution >= 0.6 is 0 Å². The molecule has 1 aromatic carbocycles. The Morgan fingerprint density at radius 1 is 1.35 bits per heavy atom. The molecule has 23 heavy (non-hydrogen) atoms. The second kappa shape index (κ2) is 6.41. The predicted octanol–water partition coefficient (Wildman–Crippen LogP) is 2.54. The Labute approximate surface area is 135 Å². The molecule has 0 spiro atoms. The van der Waals surface area contributed by atoms with E-state index in [4.69, 9.17) is 4.42 Å². The minimum Gasteiger partial charge on any atom is -0.445 e. The van der Waals surface area contributed by atoms with Crippen molar-refractivity contribution < 1.29 is 17.2 Å². The minimum absolute atomic E-state index is 0.0135. The molecule has 5 nitrogen and oxygen atoms in total. The maximum Gasteiger partial charge on any atom is 0.211 e. The van der Waals surface area contributed by atoms with E-state index in [0.29, 0.717) is 31.2 Å². The van der Waals surface area contributed by atoms with E-state index in [9.17, 15) is 12.8 Å². The zero-order valence-electron chi connectivity index (χ0n) is 12.9. The van der Waals surface area contributed by atoms with Gasteiger partial charge in [0.1, 0.15) is 11.6 Å². The fraction of sp³-hybridized carbons (Fsp3) is 0.438. The first-order chi connectivity index (χ1) is 10.9. The summed E-state index contributed by atoms with van der Waals surface area (Å²) in [5.74, 6) is 0.995. The molecule has 1 aliphatic heterocycles. The normalized spacial score (nSPS) is 19.8. The van der Waals surface area contributed by atoms with Crippen LogP contribution in [-0.4, -0.2) is 37.1 Å². The summed E-state index contributed by atoms with van der Waals surface area (Å²) in [5, 5.41) is 0. The van der Waals surface area contributed by atoms with E-state index in [1.165, 1.54) is 22.7 Å². The molecular weight excluding hydrogens is 319 g/mol. The summed E-state index contributed by atoms with van der Waals surface area (Å²) in [6, 6.07) is 6.25. The van der Waals surface area contributed by atoms with Gasteiger partial charge in [-0.25, -0.2) is 22.1 Å². The maximum atomic E-state index is 12.9. The molecule has 1 atom stereocenters. The quantitative estimate of drug-likeness (QED) is 0.859. The van der Waals surface area contributed by atoms with Gasteiger partial charge in [-0.2, -0.15) is 0 Å². The molecule has 2 aromatic rings. The van der Waals surface area contributed by atoms with Gasteiger partial charge in [0.25, 0.3) is 0 Å². The van der Waals surface area contributed by atoms with E-state index < -0.39 is 10.0 Å². The molecule has 0 N–H and O–H groups in total. The molecule has 7 heteroatoms. The SMILES string of the molecule is CS(=O)(=O)N1CCCC(c2ncc(Cc3ccc(F)cc3)o2)C1. The van der Waals surface area contributed by atoms with Gasteiger partial charge in [-0.05, 0) is 30.5 Å². The van der Waals surface area contributed by atoms with Gasteiger partial charge in [-0.3, -0.25) is 0 Å². The van der Waals surface area contributed by atoms with E-state index in [1.807, 2.05) is 0 Å². The van der Waals surface area contributed by atoms with Gasteiger partial charge in [0.15, 0.2) is 5.89 Å². The second-order valence-electron chi connectivity index (χ2n) is 5.93. The summed E-state index contributed by atoms with van der Waals surface area (Å²) in [5.41, 5.74) is 0.940. The highest BCUT2D eigenvalue weighted by Crippen LogP contribution is 2.28. The lowest BCUT2D eigenvalue weighted by atomic mass is 10.00. The molecule has 0 saturated carbocycles. The number of aromatic nitrogens is 1. The third-order valence-corrected chi connectivity index (χ3v) is 5.34. The van der Waals surface area contributed by atoms with Crippen molar-refractivity contribution in [2.75, 3.05) is 19.3 Å². The average Bonchev–Trinajstić information content (AvgIpc) is 2.97. The predicted molar refractivity (Wildman–Crippen MR) is 84.1 cm³/mol. The highest BCUT2D eigenvalue weighted by atomic mass is 32.2. The summed E-state index contributed by atoms with van der Waals surface area (Å²) >= 11 is 0. The first-order valence-electron chi connectivity index (χ1n) is 7.56. The van der Waals surface area contributed by atoms with Gasteiger partial charge < -0.3 is 4.42 Å². The van der Waals surface area contributed by atoms with E-state index in [-0.39, 0.29) is 11.7 Å². The molecule has 1 fully saturated rings. The van der Waals surface area contributed by atoms with Crippen LogP contribution in [0.3, 0.4) is 0 Å². The molecule has 0 aliphatic carbocycles. The summed E-state index contributed by atoms with van der Waals surface area (Å²) < 4.78 is 43.5. The van der Waals surface area contributed by atoms with Gasteiger partial charge in [-0.1, -0.05) is 12.1 Å². The molecule has 0 amide bonds. The standard InChI is InChI=1S/C16H19FN2O3S/c1-23(20,21)19-8-2-3-13(11-19)16-18-10-15(22-16)9-12-4-6-14(17)7-5-12/h4-7,10,13H,2-3,8-9,11H2,1H3. The number of hydrogen-bond donors (Lipinski definition) is 0. The molecule has 1 aromatic heterocycles. The van der Waals surface area contributed by atoms with Crippen LogP contribution in [0.4, 0.5) is 4.39 Å². The van der Waals surface area contributed by atoms with Gasteiger partial charge in [0.05, 0.1) is 12.5 Å². The topological polar surface area (TPSA) is 63.4 Å². The summed E-state index contributed by atoms with van der Waals surface area (Å²) in [7, 11) is -3.18. The average molecular weight is 338 g/mol. The Morgan fingerprint density at radius 3 is 2.78 bits per heavy atom. The van der Waals surface area contributed by atoms with Crippen molar-refractivity contribution in [1.29, 1.82) is 0 Å². The van der Waals surface area contributed by atoms with Crippen molar-refractivity contribution in [3.8, 4) is 0 Å².